The Bertz CT molecular complexity index is 736. The molecule has 3 aromatic rings. The van der Waals surface area contributed by atoms with Crippen molar-refractivity contribution in [2.45, 2.75) is 0 Å². The number of rotatable bonds is 2. The summed E-state index contributed by atoms with van der Waals surface area (Å²) in [6.45, 7) is 0. The predicted octanol–water partition coefficient (Wildman–Crippen LogP) is 2.13. The van der Waals surface area contributed by atoms with Crippen LogP contribution in [0.15, 0.2) is 36.4 Å². The van der Waals surface area contributed by atoms with E-state index in [1.54, 1.807) is 25.3 Å². The maximum Gasteiger partial charge on any atom is 0.240 e. The number of halogens is 1. The van der Waals surface area contributed by atoms with Crippen LogP contribution < -0.4 is 10.5 Å². The highest BCUT2D eigenvalue weighted by Crippen LogP contribution is 2.27. The number of hydrogen-bond acceptors (Lipinski definition) is 4. The summed E-state index contributed by atoms with van der Waals surface area (Å²) in [4.78, 5) is 4.18. The van der Waals surface area contributed by atoms with Crippen LogP contribution in [0.2, 0.25) is 0 Å². The molecular weight excluding hydrogens is 247 g/mol. The maximum atomic E-state index is 13.0. The van der Waals surface area contributed by atoms with Gasteiger partial charge in [0.1, 0.15) is 5.82 Å². The first-order chi connectivity index (χ1) is 9.19. The average molecular weight is 258 g/mol. The highest BCUT2D eigenvalue weighted by molar-refractivity contribution is 5.78. The number of ether oxygens (including phenoxy) is 1. The van der Waals surface area contributed by atoms with Crippen molar-refractivity contribution >= 4 is 11.6 Å². The van der Waals surface area contributed by atoms with Crippen molar-refractivity contribution in [3.8, 4) is 17.0 Å². The summed E-state index contributed by atoms with van der Waals surface area (Å²) >= 11 is 0. The van der Waals surface area contributed by atoms with Crippen LogP contribution in [0.25, 0.3) is 16.8 Å². The zero-order chi connectivity index (χ0) is 13.4. The number of benzene rings is 1. The lowest BCUT2D eigenvalue weighted by Gasteiger charge is -2.06. The summed E-state index contributed by atoms with van der Waals surface area (Å²) in [7, 11) is 1.55. The normalized spacial score (nSPS) is 10.8. The number of anilines is 1. The van der Waals surface area contributed by atoms with E-state index in [4.69, 9.17) is 10.5 Å². The third-order valence-electron chi connectivity index (χ3n) is 2.83. The molecule has 0 atom stereocenters. The number of pyridine rings is 1. The lowest BCUT2D eigenvalue weighted by molar-refractivity contribution is 0.386. The quantitative estimate of drug-likeness (QED) is 0.764. The average Bonchev–Trinajstić information content (AvgIpc) is 2.80. The molecule has 0 saturated carbocycles. The van der Waals surface area contributed by atoms with Gasteiger partial charge in [-0.3, -0.25) is 0 Å². The molecule has 0 radical (unpaired) electrons. The second-order valence-corrected chi connectivity index (χ2v) is 4.00. The van der Waals surface area contributed by atoms with Crippen molar-refractivity contribution < 1.29 is 9.13 Å². The molecule has 0 aliphatic rings. The minimum absolute atomic E-state index is 0.160. The van der Waals surface area contributed by atoms with Gasteiger partial charge in [0.05, 0.1) is 7.11 Å². The molecule has 1 aromatic carbocycles. The van der Waals surface area contributed by atoms with Crippen molar-refractivity contribution in [1.29, 1.82) is 0 Å². The van der Waals surface area contributed by atoms with Gasteiger partial charge in [0.25, 0.3) is 0 Å². The zero-order valence-electron chi connectivity index (χ0n) is 10.2. The highest BCUT2D eigenvalue weighted by Gasteiger charge is 2.12. The smallest absolute Gasteiger partial charge is 0.240 e. The van der Waals surface area contributed by atoms with Gasteiger partial charge in [-0.1, -0.05) is 12.1 Å². The molecule has 0 aliphatic heterocycles. The van der Waals surface area contributed by atoms with Gasteiger partial charge < -0.3 is 10.5 Å². The summed E-state index contributed by atoms with van der Waals surface area (Å²) in [5.41, 5.74) is 7.84. The Hall–Kier alpha value is -2.63. The zero-order valence-corrected chi connectivity index (χ0v) is 10.2. The first-order valence-corrected chi connectivity index (χ1v) is 5.64. The molecule has 6 heteroatoms. The largest absolute Gasteiger partial charge is 0.481 e. The Kier molecular flexibility index (Phi) is 2.56. The first kappa shape index (κ1) is 11.5. The van der Waals surface area contributed by atoms with Gasteiger partial charge >= 0.3 is 0 Å². The Morgan fingerprint density at radius 1 is 1.16 bits per heavy atom. The minimum Gasteiger partial charge on any atom is -0.481 e. The summed E-state index contributed by atoms with van der Waals surface area (Å²) in [5, 5.41) is 4.07. The third-order valence-corrected chi connectivity index (χ3v) is 2.83. The molecule has 5 nitrogen and oxygen atoms in total. The van der Waals surface area contributed by atoms with Gasteiger partial charge in [-0.25, -0.2) is 4.39 Å². The van der Waals surface area contributed by atoms with Gasteiger partial charge in [0.2, 0.25) is 11.8 Å². The molecule has 2 heterocycles. The fourth-order valence-electron chi connectivity index (χ4n) is 1.97. The van der Waals surface area contributed by atoms with Gasteiger partial charge in [-0.2, -0.15) is 9.50 Å². The molecule has 0 fully saturated rings. The van der Waals surface area contributed by atoms with E-state index in [1.807, 2.05) is 6.07 Å². The molecule has 2 aromatic heterocycles. The highest BCUT2D eigenvalue weighted by atomic mass is 19.1. The molecular formula is C13H11FN4O. The van der Waals surface area contributed by atoms with E-state index in [9.17, 15) is 4.39 Å². The fourth-order valence-corrected chi connectivity index (χ4v) is 1.97. The van der Waals surface area contributed by atoms with Gasteiger partial charge in [-0.05, 0) is 23.8 Å². The lowest BCUT2D eigenvalue weighted by atomic mass is 10.1. The molecule has 0 spiro atoms. The number of nitrogens with zero attached hydrogens (tertiary/aromatic N) is 3. The molecule has 3 rings (SSSR count). The second-order valence-electron chi connectivity index (χ2n) is 4.00. The van der Waals surface area contributed by atoms with E-state index in [0.29, 0.717) is 11.5 Å². The molecule has 2 N–H and O–H groups in total. The van der Waals surface area contributed by atoms with Gasteiger partial charge in [0.15, 0.2) is 5.65 Å². The lowest BCUT2D eigenvalue weighted by Crippen LogP contribution is -1.97. The molecule has 0 amide bonds. The standard InChI is InChI=1S/C13H11FN4O/c1-19-11-7-6-10(8-2-4-9(14)5-3-8)12-16-13(15)17-18(11)12/h2-7H,1H3,(H2,15,17). The van der Waals surface area contributed by atoms with E-state index in [1.165, 1.54) is 16.6 Å². The first-order valence-electron chi connectivity index (χ1n) is 5.64. The van der Waals surface area contributed by atoms with Crippen LogP contribution in [-0.2, 0) is 0 Å². The van der Waals surface area contributed by atoms with Crippen LogP contribution in [0.3, 0.4) is 0 Å². The van der Waals surface area contributed by atoms with Crippen molar-refractivity contribution in [3.63, 3.8) is 0 Å². The fraction of sp³-hybridized carbons (Fsp3) is 0.0769. The summed E-state index contributed by atoms with van der Waals surface area (Å²) < 4.78 is 19.7. The van der Waals surface area contributed by atoms with Crippen molar-refractivity contribution in [1.82, 2.24) is 14.6 Å². The predicted molar refractivity (Wildman–Crippen MR) is 69.3 cm³/mol. The van der Waals surface area contributed by atoms with Crippen LogP contribution in [0, 0.1) is 5.82 Å². The van der Waals surface area contributed by atoms with Gasteiger partial charge in [-0.15, -0.1) is 5.10 Å². The SMILES string of the molecule is COc1ccc(-c2ccc(F)cc2)c2nc(N)nn12. The van der Waals surface area contributed by atoms with Crippen LogP contribution in [-0.4, -0.2) is 21.7 Å². The monoisotopic (exact) mass is 258 g/mol. The minimum atomic E-state index is -0.283. The van der Waals surface area contributed by atoms with Crippen molar-refractivity contribution in [3.05, 3.63) is 42.2 Å². The number of hydrogen-bond donors (Lipinski definition) is 1. The third kappa shape index (κ3) is 1.87. The number of nitrogen functional groups attached to an aromatic ring is 1. The molecule has 0 saturated heterocycles. The number of nitrogens with two attached hydrogens (primary N) is 1. The van der Waals surface area contributed by atoms with Crippen molar-refractivity contribution in [2.75, 3.05) is 12.8 Å². The number of methoxy groups -OCH3 is 1. The molecule has 0 aliphatic carbocycles. The number of aromatic nitrogens is 3. The van der Waals surface area contributed by atoms with Crippen LogP contribution >= 0.6 is 0 Å². The summed E-state index contributed by atoms with van der Waals surface area (Å²) in [5.74, 6) is 0.409. The van der Waals surface area contributed by atoms with E-state index < -0.39 is 0 Å². The summed E-state index contributed by atoms with van der Waals surface area (Å²) in [6, 6.07) is 9.77. The molecule has 0 bridgehead atoms. The molecule has 96 valence electrons. The maximum absolute atomic E-state index is 13.0. The van der Waals surface area contributed by atoms with E-state index >= 15 is 0 Å². The Balaban J connectivity index is 2.27. The molecule has 19 heavy (non-hydrogen) atoms. The Morgan fingerprint density at radius 2 is 1.89 bits per heavy atom. The van der Waals surface area contributed by atoms with Crippen molar-refractivity contribution in [2.24, 2.45) is 0 Å². The van der Waals surface area contributed by atoms with Crippen LogP contribution in [0.1, 0.15) is 0 Å². The Morgan fingerprint density at radius 3 is 2.58 bits per heavy atom. The number of fused-ring (bicyclic) bond motifs is 1. The molecule has 0 unspecified atom stereocenters. The van der Waals surface area contributed by atoms with E-state index in [-0.39, 0.29) is 11.8 Å². The van der Waals surface area contributed by atoms with Gasteiger partial charge in [0, 0.05) is 11.6 Å². The van der Waals surface area contributed by atoms with E-state index in [0.717, 1.165) is 11.1 Å². The van der Waals surface area contributed by atoms with Crippen LogP contribution in [0.5, 0.6) is 5.88 Å². The van der Waals surface area contributed by atoms with Crippen LogP contribution in [0.4, 0.5) is 10.3 Å². The second kappa shape index (κ2) is 4.24. The Labute approximate surface area is 108 Å². The summed E-state index contributed by atoms with van der Waals surface area (Å²) in [6.07, 6.45) is 0. The topological polar surface area (TPSA) is 65.4 Å². The van der Waals surface area contributed by atoms with E-state index in [2.05, 4.69) is 10.1 Å².